The van der Waals surface area contributed by atoms with Crippen molar-refractivity contribution in [1.29, 1.82) is 0 Å². The smallest absolute Gasteiger partial charge is 0.462 e. The fourth-order valence-corrected chi connectivity index (χ4v) is 12.2. The highest BCUT2D eigenvalue weighted by Crippen LogP contribution is 2.45. The predicted octanol–water partition coefficient (Wildman–Crippen LogP) is 20.1. The van der Waals surface area contributed by atoms with Gasteiger partial charge < -0.3 is 33.8 Å². The van der Waals surface area contributed by atoms with Gasteiger partial charge in [-0.15, -0.1) is 0 Å². The Morgan fingerprint density at radius 2 is 0.533 bits per heavy atom. The van der Waals surface area contributed by atoms with E-state index in [1.165, 1.54) is 154 Å². The van der Waals surface area contributed by atoms with Crippen LogP contribution in [0.3, 0.4) is 0 Å². The molecule has 0 radical (unpaired) electrons. The van der Waals surface area contributed by atoms with Crippen molar-refractivity contribution in [3.05, 3.63) is 0 Å². The van der Waals surface area contributed by atoms with E-state index in [1.807, 2.05) is 0 Å². The Hall–Kier alpha value is -1.94. The minimum absolute atomic E-state index is 0.102. The molecule has 0 saturated carbocycles. The van der Waals surface area contributed by atoms with E-state index in [4.69, 9.17) is 37.0 Å². The van der Waals surface area contributed by atoms with Crippen LogP contribution in [-0.2, 0) is 65.4 Å². The van der Waals surface area contributed by atoms with Crippen LogP contribution < -0.4 is 0 Å². The molecule has 19 heteroatoms. The summed E-state index contributed by atoms with van der Waals surface area (Å²) in [7, 11) is -9.90. The molecule has 0 amide bonds. The van der Waals surface area contributed by atoms with Gasteiger partial charge in [0.25, 0.3) is 0 Å². The summed E-state index contributed by atoms with van der Waals surface area (Å²) in [6.07, 6.45) is 43.1. The third kappa shape index (κ3) is 63.5. The van der Waals surface area contributed by atoms with Crippen molar-refractivity contribution in [3.8, 4) is 0 Å². The maximum atomic E-state index is 13.0. The molecule has 0 aromatic heterocycles. The van der Waals surface area contributed by atoms with Crippen LogP contribution >= 0.6 is 15.6 Å². The number of hydrogen-bond donors (Lipinski definition) is 3. The largest absolute Gasteiger partial charge is 0.472 e. The van der Waals surface area contributed by atoms with Crippen molar-refractivity contribution in [2.24, 2.45) is 23.7 Å². The summed E-state index contributed by atoms with van der Waals surface area (Å²) in [5, 5.41) is 10.6. The highest BCUT2D eigenvalue weighted by molar-refractivity contribution is 7.47. The molecule has 0 spiro atoms. The molecule has 0 aliphatic carbocycles. The molecule has 90 heavy (non-hydrogen) atoms. The van der Waals surface area contributed by atoms with Crippen molar-refractivity contribution in [3.63, 3.8) is 0 Å². The van der Waals surface area contributed by atoms with Gasteiger partial charge in [-0.3, -0.25) is 37.3 Å². The lowest BCUT2D eigenvalue weighted by atomic mass is 10.00. The second-order valence-corrected chi connectivity index (χ2v) is 30.2. The summed E-state index contributed by atoms with van der Waals surface area (Å²) in [6, 6.07) is 0. The Bertz CT molecular complexity index is 1780. The van der Waals surface area contributed by atoms with E-state index in [-0.39, 0.29) is 25.7 Å². The minimum Gasteiger partial charge on any atom is -0.462 e. The standard InChI is InChI=1S/C71H138O17P2/c1-9-64(8)50-42-34-29-30-38-46-54-71(76)88-67(58-82-69(74)52-44-36-27-22-21-25-33-41-49-63(6)7)60-86-90(79,80)84-56-65(72)55-83-89(77,78)85-59-66(57-81-68(73)51-43-35-26-19-16-15-18-24-32-40-48-62(4)5)87-70(75)53-45-37-28-20-14-12-10-11-13-17-23-31-39-47-61(2)3/h61-67,72H,9-60H2,1-8H3,(H,77,78)(H,79,80)/t64?,65?,66-,67-/m1/s1. The quantitative estimate of drug-likeness (QED) is 0.0222. The van der Waals surface area contributed by atoms with Gasteiger partial charge in [0.05, 0.1) is 26.4 Å². The lowest BCUT2D eigenvalue weighted by molar-refractivity contribution is -0.161. The Labute approximate surface area is 549 Å². The summed E-state index contributed by atoms with van der Waals surface area (Å²) in [5.41, 5.74) is 0. The number of rotatable bonds is 68. The average Bonchev–Trinajstić information content (AvgIpc) is 3.67. The first kappa shape index (κ1) is 88.1. The first-order valence-corrected chi connectivity index (χ1v) is 39.7. The molecule has 6 atom stereocenters. The number of phosphoric ester groups is 2. The molecule has 0 saturated heterocycles. The number of esters is 4. The number of phosphoric acid groups is 2. The highest BCUT2D eigenvalue weighted by atomic mass is 31.2. The first-order chi connectivity index (χ1) is 43.1. The van der Waals surface area contributed by atoms with E-state index in [1.54, 1.807) is 0 Å². The SMILES string of the molecule is CCC(C)CCCCCCCCC(=O)O[C@H](COC(=O)CCCCCCCCCCC(C)C)COP(=O)(O)OCC(O)COP(=O)(O)OC[C@@H](COC(=O)CCCCCCCCCCCCC(C)C)OC(=O)CCCCCCCCCCCCCCCC(C)C. The van der Waals surface area contributed by atoms with Crippen molar-refractivity contribution in [2.75, 3.05) is 39.6 Å². The zero-order valence-electron chi connectivity index (χ0n) is 58.8. The van der Waals surface area contributed by atoms with E-state index < -0.39 is 97.5 Å². The number of aliphatic hydroxyl groups is 1. The average molecular weight is 1330 g/mol. The molecular formula is C71H138O17P2. The van der Waals surface area contributed by atoms with Crippen LogP contribution in [0.1, 0.15) is 351 Å². The van der Waals surface area contributed by atoms with Crippen molar-refractivity contribution in [2.45, 2.75) is 369 Å². The minimum atomic E-state index is -4.95. The Kier molecular flexibility index (Phi) is 59.4. The monoisotopic (exact) mass is 1320 g/mol. The Morgan fingerprint density at radius 3 is 0.789 bits per heavy atom. The normalized spacial score (nSPS) is 14.6. The van der Waals surface area contributed by atoms with Gasteiger partial charge in [0.2, 0.25) is 0 Å². The van der Waals surface area contributed by atoms with Gasteiger partial charge in [0.15, 0.2) is 12.2 Å². The second kappa shape index (κ2) is 60.7. The third-order valence-electron chi connectivity index (χ3n) is 16.7. The van der Waals surface area contributed by atoms with Crippen LogP contribution in [-0.4, -0.2) is 96.7 Å². The van der Waals surface area contributed by atoms with Gasteiger partial charge in [-0.25, -0.2) is 9.13 Å². The summed E-state index contributed by atoms with van der Waals surface area (Å²) >= 11 is 0. The predicted molar refractivity (Wildman–Crippen MR) is 363 cm³/mol. The van der Waals surface area contributed by atoms with E-state index in [9.17, 15) is 43.2 Å². The van der Waals surface area contributed by atoms with Crippen LogP contribution in [0.15, 0.2) is 0 Å². The van der Waals surface area contributed by atoms with E-state index >= 15 is 0 Å². The summed E-state index contributed by atoms with van der Waals surface area (Å²) < 4.78 is 68.3. The number of ether oxygens (including phenoxy) is 4. The van der Waals surface area contributed by atoms with Crippen LogP contribution in [0.25, 0.3) is 0 Å². The Morgan fingerprint density at radius 1 is 0.311 bits per heavy atom. The topological polar surface area (TPSA) is 237 Å². The number of carbonyl (C=O) groups is 4. The fourth-order valence-electron chi connectivity index (χ4n) is 10.6. The van der Waals surface area contributed by atoms with Gasteiger partial charge >= 0.3 is 39.5 Å². The molecule has 0 aromatic rings. The first-order valence-electron chi connectivity index (χ1n) is 36.7. The molecule has 0 fully saturated rings. The van der Waals surface area contributed by atoms with Crippen molar-refractivity contribution in [1.82, 2.24) is 0 Å². The van der Waals surface area contributed by atoms with Crippen molar-refractivity contribution < 1.29 is 80.2 Å². The summed E-state index contributed by atoms with van der Waals surface area (Å²) in [4.78, 5) is 72.6. The molecular weight excluding hydrogens is 1190 g/mol. The molecule has 0 bridgehead atoms. The van der Waals surface area contributed by atoms with Gasteiger partial charge in [-0.1, -0.05) is 299 Å². The number of carbonyl (C=O) groups excluding carboxylic acids is 4. The van der Waals surface area contributed by atoms with Gasteiger partial charge in [0.1, 0.15) is 19.3 Å². The summed E-state index contributed by atoms with van der Waals surface area (Å²) in [6.45, 7) is 14.1. The van der Waals surface area contributed by atoms with E-state index in [0.717, 1.165) is 114 Å². The maximum Gasteiger partial charge on any atom is 0.472 e. The lowest BCUT2D eigenvalue weighted by Crippen LogP contribution is -2.30. The Balaban J connectivity index is 5.25. The molecule has 3 N–H and O–H groups in total. The van der Waals surface area contributed by atoms with E-state index in [0.29, 0.717) is 25.7 Å². The lowest BCUT2D eigenvalue weighted by Gasteiger charge is -2.21. The maximum absolute atomic E-state index is 13.0. The van der Waals surface area contributed by atoms with Crippen LogP contribution in [0.2, 0.25) is 0 Å². The number of hydrogen-bond acceptors (Lipinski definition) is 15. The second-order valence-electron chi connectivity index (χ2n) is 27.3. The molecule has 0 rings (SSSR count). The van der Waals surface area contributed by atoms with Crippen LogP contribution in [0.4, 0.5) is 0 Å². The number of aliphatic hydroxyl groups excluding tert-OH is 1. The van der Waals surface area contributed by atoms with Gasteiger partial charge in [-0.05, 0) is 49.4 Å². The summed E-state index contributed by atoms with van der Waals surface area (Å²) in [5.74, 6) is 0.861. The van der Waals surface area contributed by atoms with E-state index in [2.05, 4.69) is 55.4 Å². The molecule has 4 unspecified atom stereocenters. The molecule has 17 nitrogen and oxygen atoms in total. The molecule has 0 aromatic carbocycles. The van der Waals surface area contributed by atoms with Gasteiger partial charge in [0, 0.05) is 25.7 Å². The van der Waals surface area contributed by atoms with Crippen LogP contribution in [0.5, 0.6) is 0 Å². The molecule has 0 aliphatic rings. The van der Waals surface area contributed by atoms with Crippen LogP contribution in [0, 0.1) is 23.7 Å². The third-order valence-corrected chi connectivity index (χ3v) is 18.6. The molecule has 0 aliphatic heterocycles. The zero-order valence-corrected chi connectivity index (χ0v) is 60.6. The number of unbranched alkanes of at least 4 members (excludes halogenated alkanes) is 33. The molecule has 534 valence electrons. The highest BCUT2D eigenvalue weighted by Gasteiger charge is 2.30. The van der Waals surface area contributed by atoms with Gasteiger partial charge in [-0.2, -0.15) is 0 Å². The zero-order chi connectivity index (χ0) is 66.8. The molecule has 0 heterocycles. The fraction of sp³-hybridized carbons (Fsp3) is 0.944. The van der Waals surface area contributed by atoms with Crippen molar-refractivity contribution >= 4 is 39.5 Å².